The highest BCUT2D eigenvalue weighted by atomic mass is 32.1. The van der Waals surface area contributed by atoms with Crippen LogP contribution in [0.4, 0.5) is 0 Å². The van der Waals surface area contributed by atoms with E-state index in [1.54, 1.807) is 24.3 Å². The monoisotopic (exact) mass is 297 g/mol. The van der Waals surface area contributed by atoms with Crippen LogP contribution in [0.2, 0.25) is 0 Å². The average molecular weight is 297 g/mol. The predicted octanol–water partition coefficient (Wildman–Crippen LogP) is 4.39. The van der Waals surface area contributed by atoms with Gasteiger partial charge in [0.15, 0.2) is 5.78 Å². The predicted molar refractivity (Wildman–Crippen MR) is 85.1 cm³/mol. The molecule has 0 aliphatic carbocycles. The van der Waals surface area contributed by atoms with Crippen LogP contribution in [0.15, 0.2) is 42.5 Å². The van der Waals surface area contributed by atoms with E-state index in [-0.39, 0.29) is 5.78 Å². The minimum atomic E-state index is 0.0656. The molecule has 0 saturated heterocycles. The maximum absolute atomic E-state index is 11.3. The van der Waals surface area contributed by atoms with Gasteiger partial charge in [-0.1, -0.05) is 12.1 Å². The summed E-state index contributed by atoms with van der Waals surface area (Å²) in [4.78, 5) is 15.9. The normalized spacial score (nSPS) is 10.8. The van der Waals surface area contributed by atoms with Gasteiger partial charge in [0.25, 0.3) is 0 Å². The van der Waals surface area contributed by atoms with Gasteiger partial charge in [-0.05, 0) is 49.7 Å². The molecule has 0 bridgehead atoms. The van der Waals surface area contributed by atoms with Crippen molar-refractivity contribution in [3.63, 3.8) is 0 Å². The highest BCUT2D eigenvalue weighted by molar-refractivity contribution is 7.18. The molecule has 3 rings (SSSR count). The summed E-state index contributed by atoms with van der Waals surface area (Å²) in [5, 5.41) is 0.950. The van der Waals surface area contributed by atoms with Crippen molar-refractivity contribution in [2.45, 2.75) is 20.5 Å². The van der Waals surface area contributed by atoms with Crippen molar-refractivity contribution in [3.05, 3.63) is 58.6 Å². The van der Waals surface area contributed by atoms with Crippen LogP contribution in [0, 0.1) is 6.92 Å². The lowest BCUT2D eigenvalue weighted by atomic mass is 10.1. The summed E-state index contributed by atoms with van der Waals surface area (Å²) in [7, 11) is 0. The number of para-hydroxylation sites is 1. The third-order valence-corrected chi connectivity index (χ3v) is 4.28. The van der Waals surface area contributed by atoms with E-state index < -0.39 is 0 Å². The van der Waals surface area contributed by atoms with Crippen molar-refractivity contribution >= 4 is 27.3 Å². The Morgan fingerprint density at radius 2 is 2.05 bits per heavy atom. The lowest BCUT2D eigenvalue weighted by Gasteiger charge is -2.08. The highest BCUT2D eigenvalue weighted by Gasteiger charge is 2.07. The van der Waals surface area contributed by atoms with Crippen LogP contribution >= 0.6 is 11.3 Å². The van der Waals surface area contributed by atoms with E-state index in [1.165, 1.54) is 4.70 Å². The quantitative estimate of drug-likeness (QED) is 0.671. The molecule has 0 fully saturated rings. The third-order valence-electron chi connectivity index (χ3n) is 3.27. The number of hydrogen-bond donors (Lipinski definition) is 0. The average Bonchev–Trinajstić information content (AvgIpc) is 2.88. The molecule has 0 saturated carbocycles. The van der Waals surface area contributed by atoms with Gasteiger partial charge in [0.2, 0.25) is 0 Å². The van der Waals surface area contributed by atoms with Crippen molar-refractivity contribution < 1.29 is 9.53 Å². The van der Waals surface area contributed by atoms with Crippen LogP contribution in [-0.2, 0) is 6.61 Å². The van der Waals surface area contributed by atoms with Gasteiger partial charge in [0.05, 0.1) is 10.2 Å². The summed E-state index contributed by atoms with van der Waals surface area (Å²) >= 11 is 1.64. The fourth-order valence-corrected chi connectivity index (χ4v) is 3.03. The zero-order valence-electron chi connectivity index (χ0n) is 11.9. The summed E-state index contributed by atoms with van der Waals surface area (Å²) in [5.74, 6) is 0.857. The van der Waals surface area contributed by atoms with Gasteiger partial charge in [-0.2, -0.15) is 0 Å². The summed E-state index contributed by atoms with van der Waals surface area (Å²) in [5.41, 5.74) is 2.67. The first-order valence-electron chi connectivity index (χ1n) is 6.72. The fourth-order valence-electron chi connectivity index (χ4n) is 2.15. The fraction of sp³-hybridized carbons (Fsp3) is 0.176. The van der Waals surface area contributed by atoms with E-state index in [1.807, 2.05) is 37.3 Å². The molecule has 0 radical (unpaired) electrons. The third kappa shape index (κ3) is 2.95. The smallest absolute Gasteiger partial charge is 0.159 e. The van der Waals surface area contributed by atoms with Crippen molar-refractivity contribution in [1.29, 1.82) is 0 Å². The topological polar surface area (TPSA) is 39.2 Å². The van der Waals surface area contributed by atoms with Crippen LogP contribution in [0.25, 0.3) is 10.2 Å². The number of Topliss-reactive ketones (excluding diaryl/α,β-unsaturated/α-hetero) is 1. The van der Waals surface area contributed by atoms with Gasteiger partial charge < -0.3 is 4.74 Å². The molecule has 3 nitrogen and oxygen atoms in total. The number of hydrogen-bond acceptors (Lipinski definition) is 4. The zero-order valence-corrected chi connectivity index (χ0v) is 12.7. The van der Waals surface area contributed by atoms with Gasteiger partial charge in [-0.15, -0.1) is 11.3 Å². The molecule has 0 spiro atoms. The lowest BCUT2D eigenvalue weighted by Crippen LogP contribution is -1.98. The maximum Gasteiger partial charge on any atom is 0.159 e. The Morgan fingerprint density at radius 3 is 2.76 bits per heavy atom. The molecule has 2 aromatic carbocycles. The Bertz CT molecular complexity index is 774. The Hall–Kier alpha value is -2.20. The van der Waals surface area contributed by atoms with E-state index in [2.05, 4.69) is 11.1 Å². The maximum atomic E-state index is 11.3. The van der Waals surface area contributed by atoms with E-state index in [0.717, 1.165) is 21.8 Å². The van der Waals surface area contributed by atoms with Crippen molar-refractivity contribution in [3.8, 4) is 5.75 Å². The number of thiazole rings is 1. The number of rotatable bonds is 4. The zero-order chi connectivity index (χ0) is 14.8. The molecule has 0 aliphatic heterocycles. The van der Waals surface area contributed by atoms with Crippen LogP contribution < -0.4 is 4.74 Å². The molecule has 0 aliphatic rings. The van der Waals surface area contributed by atoms with Crippen LogP contribution in [0.3, 0.4) is 0 Å². The number of aryl methyl sites for hydroxylation is 1. The first-order chi connectivity index (χ1) is 10.1. The van der Waals surface area contributed by atoms with Crippen LogP contribution in [0.5, 0.6) is 5.75 Å². The number of aromatic nitrogens is 1. The molecule has 0 unspecified atom stereocenters. The van der Waals surface area contributed by atoms with Gasteiger partial charge in [-0.3, -0.25) is 4.79 Å². The Balaban J connectivity index is 1.76. The molecular formula is C17H15NO2S. The van der Waals surface area contributed by atoms with Crippen molar-refractivity contribution in [1.82, 2.24) is 4.98 Å². The second-order valence-corrected chi connectivity index (χ2v) is 6.02. The number of nitrogens with zero attached hydrogens (tertiary/aromatic N) is 1. The van der Waals surface area contributed by atoms with Gasteiger partial charge in [-0.25, -0.2) is 4.98 Å². The van der Waals surface area contributed by atoms with Crippen LogP contribution in [0.1, 0.15) is 27.9 Å². The Labute approximate surface area is 127 Å². The number of ether oxygens (including phenoxy) is 1. The van der Waals surface area contributed by atoms with Crippen molar-refractivity contribution in [2.24, 2.45) is 0 Å². The second kappa shape index (κ2) is 5.66. The van der Waals surface area contributed by atoms with Gasteiger partial charge in [0.1, 0.15) is 17.4 Å². The molecule has 1 aromatic heterocycles. The largest absolute Gasteiger partial charge is 0.486 e. The highest BCUT2D eigenvalue weighted by Crippen LogP contribution is 2.24. The molecule has 4 heteroatoms. The van der Waals surface area contributed by atoms with E-state index >= 15 is 0 Å². The standard InChI is InChI=1S/C17H15NO2S/c1-11-9-13(12(2)19)7-8-15(11)20-10-17-18-14-5-3-4-6-16(14)21-17/h3-9H,10H2,1-2H3. The second-order valence-electron chi connectivity index (χ2n) is 4.90. The van der Waals surface area contributed by atoms with E-state index in [9.17, 15) is 4.79 Å². The summed E-state index contributed by atoms with van der Waals surface area (Å²) in [6.45, 7) is 3.95. The molecule has 1 heterocycles. The Morgan fingerprint density at radius 1 is 1.24 bits per heavy atom. The first-order valence-corrected chi connectivity index (χ1v) is 7.54. The molecule has 0 atom stereocenters. The van der Waals surface area contributed by atoms with E-state index in [0.29, 0.717) is 12.2 Å². The lowest BCUT2D eigenvalue weighted by molar-refractivity contribution is 0.101. The number of ketones is 1. The molecule has 0 amide bonds. The van der Waals surface area contributed by atoms with E-state index in [4.69, 9.17) is 4.74 Å². The summed E-state index contributed by atoms with van der Waals surface area (Å²) < 4.78 is 6.99. The summed E-state index contributed by atoms with van der Waals surface area (Å²) in [6.07, 6.45) is 0. The first kappa shape index (κ1) is 13.8. The number of carbonyl (C=O) groups is 1. The summed E-state index contributed by atoms with van der Waals surface area (Å²) in [6, 6.07) is 13.6. The molecular weight excluding hydrogens is 282 g/mol. The minimum absolute atomic E-state index is 0.0656. The van der Waals surface area contributed by atoms with Crippen LogP contribution in [-0.4, -0.2) is 10.8 Å². The van der Waals surface area contributed by atoms with Gasteiger partial charge in [0, 0.05) is 5.56 Å². The number of fused-ring (bicyclic) bond motifs is 1. The Kier molecular flexibility index (Phi) is 3.71. The number of benzene rings is 2. The number of carbonyl (C=O) groups excluding carboxylic acids is 1. The van der Waals surface area contributed by atoms with Crippen molar-refractivity contribution in [2.75, 3.05) is 0 Å². The molecule has 0 N–H and O–H groups in total. The SMILES string of the molecule is CC(=O)c1ccc(OCc2nc3ccccc3s2)c(C)c1. The molecule has 21 heavy (non-hydrogen) atoms. The van der Waals surface area contributed by atoms with Gasteiger partial charge >= 0.3 is 0 Å². The minimum Gasteiger partial charge on any atom is -0.486 e. The molecule has 3 aromatic rings. The molecule has 106 valence electrons.